The van der Waals surface area contributed by atoms with Crippen LogP contribution in [0, 0.1) is 6.92 Å². The fourth-order valence-corrected chi connectivity index (χ4v) is 2.87. The molecule has 0 aliphatic carbocycles. The number of amides is 1. The molecule has 1 N–H and O–H groups in total. The molecule has 3 rings (SSSR count). The van der Waals surface area contributed by atoms with Crippen molar-refractivity contribution in [1.82, 2.24) is 14.9 Å². The summed E-state index contributed by atoms with van der Waals surface area (Å²) in [6, 6.07) is 9.70. The third-order valence-corrected chi connectivity index (χ3v) is 3.95. The lowest BCUT2D eigenvalue weighted by molar-refractivity contribution is -0.126. The van der Waals surface area contributed by atoms with Crippen LogP contribution in [0.3, 0.4) is 0 Å². The van der Waals surface area contributed by atoms with Gasteiger partial charge < -0.3 is 19.4 Å². The van der Waals surface area contributed by atoms with E-state index in [2.05, 4.69) is 14.9 Å². The molecule has 0 spiro atoms. The topological polar surface area (TPSA) is 65.4 Å². The molecule has 0 saturated carbocycles. The number of benzene rings is 1. The molecule has 6 nitrogen and oxygen atoms in total. The number of hydrogen-bond acceptors (Lipinski definition) is 4. The monoisotopic (exact) mass is 329 g/mol. The second kappa shape index (κ2) is 7.97. The number of carbonyl (C=O) groups is 1. The number of fused-ring (bicyclic) bond motifs is 1. The predicted molar refractivity (Wildman–Crippen MR) is 90.0 cm³/mol. The van der Waals surface area contributed by atoms with Crippen LogP contribution in [0.25, 0.3) is 0 Å². The van der Waals surface area contributed by atoms with Gasteiger partial charge in [-0.3, -0.25) is 4.79 Å². The first-order valence-electron chi connectivity index (χ1n) is 8.28. The summed E-state index contributed by atoms with van der Waals surface area (Å²) in [5.74, 6) is 1.83. The average molecular weight is 329 g/mol. The van der Waals surface area contributed by atoms with Gasteiger partial charge in [0.2, 0.25) is 5.91 Å². The van der Waals surface area contributed by atoms with E-state index < -0.39 is 0 Å². The highest BCUT2D eigenvalue weighted by Gasteiger charge is 2.21. The van der Waals surface area contributed by atoms with Gasteiger partial charge in [0, 0.05) is 25.2 Å². The fourth-order valence-electron chi connectivity index (χ4n) is 2.87. The number of nitrogens with zero attached hydrogens (tertiary/aromatic N) is 2. The van der Waals surface area contributed by atoms with E-state index in [1.807, 2.05) is 43.5 Å². The first kappa shape index (κ1) is 16.5. The number of aryl methyl sites for hydroxylation is 2. The van der Waals surface area contributed by atoms with Crippen LogP contribution in [0.15, 0.2) is 36.5 Å². The molecule has 1 aromatic carbocycles. The van der Waals surface area contributed by atoms with Gasteiger partial charge in [-0.2, -0.15) is 0 Å². The van der Waals surface area contributed by atoms with Gasteiger partial charge in [-0.15, -0.1) is 0 Å². The maximum absolute atomic E-state index is 12.0. The molecule has 1 aliphatic rings. The molecule has 6 heteroatoms. The summed E-state index contributed by atoms with van der Waals surface area (Å²) in [6.07, 6.45) is 3.84. The van der Waals surface area contributed by atoms with Crippen molar-refractivity contribution in [3.05, 3.63) is 48.0 Å². The van der Waals surface area contributed by atoms with E-state index in [0.717, 1.165) is 36.7 Å². The minimum atomic E-state index is -0.0833. The Morgan fingerprint density at radius 2 is 2.17 bits per heavy atom. The number of rotatable bonds is 7. The van der Waals surface area contributed by atoms with Crippen LogP contribution >= 0.6 is 0 Å². The van der Waals surface area contributed by atoms with Crippen molar-refractivity contribution in [3.63, 3.8) is 0 Å². The van der Waals surface area contributed by atoms with Crippen molar-refractivity contribution in [2.24, 2.45) is 0 Å². The van der Waals surface area contributed by atoms with E-state index in [0.29, 0.717) is 13.2 Å². The molecule has 0 radical (unpaired) electrons. The second-order valence-electron chi connectivity index (χ2n) is 5.97. The van der Waals surface area contributed by atoms with E-state index in [1.54, 1.807) is 0 Å². The Morgan fingerprint density at radius 3 is 3.00 bits per heavy atom. The van der Waals surface area contributed by atoms with Crippen LogP contribution in [0.5, 0.6) is 5.75 Å². The normalized spacial score (nSPS) is 16.5. The van der Waals surface area contributed by atoms with E-state index in [9.17, 15) is 4.79 Å². The first-order chi connectivity index (χ1) is 11.7. The number of para-hydroxylation sites is 1. The van der Waals surface area contributed by atoms with E-state index in [1.165, 1.54) is 0 Å². The minimum absolute atomic E-state index is 0.0600. The molecular weight excluding hydrogens is 306 g/mol. The standard InChI is InChI=1S/C18H23N3O3/c1-14-11-21-12-15(7-8-17(21)19-14)20-18(22)13-23-9-10-24-16-5-3-2-4-6-16/h2-6,11,15H,7-10,12-13H2,1H3,(H,20,22)/t15-/m1/s1. The zero-order chi connectivity index (χ0) is 16.8. The molecule has 2 heterocycles. The second-order valence-corrected chi connectivity index (χ2v) is 5.97. The number of hydrogen-bond donors (Lipinski definition) is 1. The predicted octanol–water partition coefficient (Wildman–Crippen LogP) is 1.72. The van der Waals surface area contributed by atoms with Crippen LogP contribution in [-0.4, -0.2) is 41.3 Å². The van der Waals surface area contributed by atoms with Gasteiger partial charge in [-0.05, 0) is 25.5 Å². The molecule has 0 saturated heterocycles. The number of ether oxygens (including phenoxy) is 2. The van der Waals surface area contributed by atoms with Gasteiger partial charge >= 0.3 is 0 Å². The average Bonchev–Trinajstić information content (AvgIpc) is 2.95. The Labute approximate surface area is 141 Å². The van der Waals surface area contributed by atoms with Crippen LogP contribution in [-0.2, 0) is 22.5 Å². The molecule has 2 aromatic rings. The van der Waals surface area contributed by atoms with Crippen molar-refractivity contribution in [3.8, 4) is 5.75 Å². The summed E-state index contributed by atoms with van der Waals surface area (Å²) in [7, 11) is 0. The van der Waals surface area contributed by atoms with Gasteiger partial charge in [0.25, 0.3) is 0 Å². The lowest BCUT2D eigenvalue weighted by Crippen LogP contribution is -2.42. The molecule has 1 aromatic heterocycles. The lowest BCUT2D eigenvalue weighted by Gasteiger charge is -2.24. The fraction of sp³-hybridized carbons (Fsp3) is 0.444. The Balaban J connectivity index is 1.32. The smallest absolute Gasteiger partial charge is 0.246 e. The van der Waals surface area contributed by atoms with Crippen LogP contribution in [0.4, 0.5) is 0 Å². The van der Waals surface area contributed by atoms with Gasteiger partial charge in [-0.25, -0.2) is 4.98 Å². The zero-order valence-electron chi connectivity index (χ0n) is 13.9. The molecule has 1 amide bonds. The highest BCUT2D eigenvalue weighted by molar-refractivity contribution is 5.77. The summed E-state index contributed by atoms with van der Waals surface area (Å²) < 4.78 is 13.0. The molecular formula is C18H23N3O3. The highest BCUT2D eigenvalue weighted by Crippen LogP contribution is 2.15. The van der Waals surface area contributed by atoms with Gasteiger partial charge in [0.05, 0.1) is 12.3 Å². The summed E-state index contributed by atoms with van der Waals surface area (Å²) in [5.41, 5.74) is 1.03. The van der Waals surface area contributed by atoms with Crippen LogP contribution in [0.1, 0.15) is 17.9 Å². The summed E-state index contributed by atoms with van der Waals surface area (Å²) in [4.78, 5) is 16.4. The van der Waals surface area contributed by atoms with E-state index >= 15 is 0 Å². The number of aromatic nitrogens is 2. The maximum Gasteiger partial charge on any atom is 0.246 e. The molecule has 24 heavy (non-hydrogen) atoms. The van der Waals surface area contributed by atoms with Gasteiger partial charge in [0.15, 0.2) is 0 Å². The van der Waals surface area contributed by atoms with Gasteiger partial charge in [0.1, 0.15) is 24.8 Å². The Morgan fingerprint density at radius 1 is 1.33 bits per heavy atom. The Kier molecular flexibility index (Phi) is 5.48. The lowest BCUT2D eigenvalue weighted by atomic mass is 10.1. The van der Waals surface area contributed by atoms with Crippen molar-refractivity contribution >= 4 is 5.91 Å². The van der Waals surface area contributed by atoms with E-state index in [-0.39, 0.29) is 18.6 Å². The largest absolute Gasteiger partial charge is 0.491 e. The SMILES string of the molecule is Cc1cn2c(n1)CC[C@@H](NC(=O)COCCOc1ccccc1)C2. The zero-order valence-corrected chi connectivity index (χ0v) is 13.9. The van der Waals surface area contributed by atoms with Crippen LogP contribution < -0.4 is 10.1 Å². The third-order valence-electron chi connectivity index (χ3n) is 3.95. The summed E-state index contributed by atoms with van der Waals surface area (Å²) in [6.45, 7) is 3.64. The molecule has 0 unspecified atom stereocenters. The third kappa shape index (κ3) is 4.58. The van der Waals surface area contributed by atoms with Gasteiger partial charge in [-0.1, -0.05) is 18.2 Å². The minimum Gasteiger partial charge on any atom is -0.491 e. The molecule has 0 fully saturated rings. The Bertz CT molecular complexity index is 669. The summed E-state index contributed by atoms with van der Waals surface area (Å²) in [5, 5.41) is 3.02. The highest BCUT2D eigenvalue weighted by atomic mass is 16.5. The van der Waals surface area contributed by atoms with Crippen molar-refractivity contribution in [2.75, 3.05) is 19.8 Å². The van der Waals surface area contributed by atoms with Crippen molar-refractivity contribution in [1.29, 1.82) is 0 Å². The van der Waals surface area contributed by atoms with Crippen molar-refractivity contribution in [2.45, 2.75) is 32.4 Å². The number of carbonyl (C=O) groups excluding carboxylic acids is 1. The Hall–Kier alpha value is -2.34. The maximum atomic E-state index is 12.0. The molecule has 128 valence electrons. The molecule has 1 atom stereocenters. The van der Waals surface area contributed by atoms with E-state index in [4.69, 9.17) is 9.47 Å². The van der Waals surface area contributed by atoms with Crippen molar-refractivity contribution < 1.29 is 14.3 Å². The number of imidazole rings is 1. The molecule has 0 bridgehead atoms. The summed E-state index contributed by atoms with van der Waals surface area (Å²) >= 11 is 0. The quantitative estimate of drug-likeness (QED) is 0.786. The van der Waals surface area contributed by atoms with Crippen LogP contribution in [0.2, 0.25) is 0 Å². The number of nitrogens with one attached hydrogen (secondary N) is 1. The first-order valence-corrected chi connectivity index (χ1v) is 8.28. The molecule has 1 aliphatic heterocycles.